The van der Waals surface area contributed by atoms with Crippen LogP contribution in [0.1, 0.15) is 48.9 Å². The summed E-state index contributed by atoms with van der Waals surface area (Å²) in [6.45, 7) is 0.622. The molecule has 1 aromatic heterocycles. The lowest BCUT2D eigenvalue weighted by Gasteiger charge is -2.27. The minimum atomic E-state index is -0.162. The molecule has 0 radical (unpaired) electrons. The fourth-order valence-electron chi connectivity index (χ4n) is 3.28. The van der Waals surface area contributed by atoms with Crippen molar-refractivity contribution in [2.75, 3.05) is 6.54 Å². The van der Waals surface area contributed by atoms with Crippen LogP contribution in [-0.2, 0) is 0 Å². The molecule has 1 saturated carbocycles. The predicted molar refractivity (Wildman–Crippen MR) is 90.9 cm³/mol. The average molecular weight is 334 g/mol. The van der Waals surface area contributed by atoms with E-state index in [1.165, 1.54) is 6.42 Å². The van der Waals surface area contributed by atoms with Gasteiger partial charge in [-0.15, -0.1) is 0 Å². The second-order valence-corrected chi connectivity index (χ2v) is 6.61. The van der Waals surface area contributed by atoms with E-state index in [4.69, 9.17) is 16.6 Å². The van der Waals surface area contributed by atoms with E-state index in [1.54, 1.807) is 18.2 Å². The Hall–Kier alpha value is -1.66. The monoisotopic (exact) mass is 334 g/mol. The van der Waals surface area contributed by atoms with Crippen LogP contribution in [0.15, 0.2) is 22.6 Å². The van der Waals surface area contributed by atoms with Crippen molar-refractivity contribution in [3.63, 3.8) is 0 Å². The molecule has 6 heteroatoms. The van der Waals surface area contributed by atoms with Gasteiger partial charge in [0, 0.05) is 12.1 Å². The first-order valence-corrected chi connectivity index (χ1v) is 8.63. The van der Waals surface area contributed by atoms with Gasteiger partial charge in [-0.2, -0.15) is 0 Å². The van der Waals surface area contributed by atoms with Gasteiger partial charge in [0.25, 0.3) is 10.7 Å². The third-order valence-corrected chi connectivity index (χ3v) is 4.77. The quantitative estimate of drug-likeness (QED) is 0.577. The molecule has 1 aromatic carbocycles. The maximum atomic E-state index is 12.2. The Morgan fingerprint density at radius 3 is 3.04 bits per heavy atom. The zero-order valence-corrected chi connectivity index (χ0v) is 13.8. The number of aliphatic hydroxyl groups excluding tert-OH is 1. The van der Waals surface area contributed by atoms with Gasteiger partial charge in [-0.3, -0.25) is 4.79 Å². The predicted octanol–water partition coefficient (Wildman–Crippen LogP) is 3.55. The number of aliphatic hydroxyl groups is 1. The van der Waals surface area contributed by atoms with Gasteiger partial charge >= 0.3 is 0 Å². The van der Waals surface area contributed by atoms with Crippen LogP contribution in [0, 0.1) is 10.8 Å². The van der Waals surface area contributed by atoms with Crippen LogP contribution in [0.2, 0.25) is 0 Å². The third kappa shape index (κ3) is 4.00. The molecule has 0 saturated heterocycles. The smallest absolute Gasteiger partial charge is 0.266 e. The SMILES string of the molecule is O=C(NCCC[C@H]1CCCC[C@H]1O)c1ccc2[nH]c(=S)oc2c1. The average Bonchev–Trinajstić information content (AvgIpc) is 2.92. The number of oxazole rings is 1. The first kappa shape index (κ1) is 16.2. The molecule has 23 heavy (non-hydrogen) atoms. The maximum Gasteiger partial charge on any atom is 0.266 e. The molecular formula is C17H22N2O3S. The summed E-state index contributed by atoms with van der Waals surface area (Å²) in [5, 5.41) is 12.9. The number of benzene rings is 1. The number of rotatable bonds is 5. The van der Waals surface area contributed by atoms with E-state index in [0.717, 1.165) is 37.6 Å². The Morgan fingerprint density at radius 2 is 2.22 bits per heavy atom. The number of amides is 1. The summed E-state index contributed by atoms with van der Waals surface area (Å²) in [6.07, 6.45) is 6.05. The van der Waals surface area contributed by atoms with Gasteiger partial charge < -0.3 is 19.8 Å². The van der Waals surface area contributed by atoms with Gasteiger partial charge in [0.05, 0.1) is 11.6 Å². The lowest BCUT2D eigenvalue weighted by Crippen LogP contribution is -2.27. The molecule has 2 atom stereocenters. The molecule has 0 bridgehead atoms. The van der Waals surface area contributed by atoms with Crippen LogP contribution in [0.4, 0.5) is 0 Å². The minimum Gasteiger partial charge on any atom is -0.429 e. The maximum absolute atomic E-state index is 12.2. The summed E-state index contributed by atoms with van der Waals surface area (Å²) in [4.78, 5) is 15.4. The van der Waals surface area contributed by atoms with Gasteiger partial charge in [-0.1, -0.05) is 12.8 Å². The van der Waals surface area contributed by atoms with Crippen LogP contribution in [0.25, 0.3) is 11.1 Å². The lowest BCUT2D eigenvalue weighted by molar-refractivity contribution is 0.0641. The molecule has 0 unspecified atom stereocenters. The fraction of sp³-hybridized carbons (Fsp3) is 0.529. The number of carbonyl (C=O) groups is 1. The van der Waals surface area contributed by atoms with Crippen molar-refractivity contribution < 1.29 is 14.3 Å². The number of H-pyrrole nitrogens is 1. The highest BCUT2D eigenvalue weighted by Crippen LogP contribution is 2.27. The van der Waals surface area contributed by atoms with Gasteiger partial charge in [0.1, 0.15) is 0 Å². The number of hydrogen-bond donors (Lipinski definition) is 3. The summed E-state index contributed by atoms with van der Waals surface area (Å²) in [5.41, 5.74) is 1.94. The summed E-state index contributed by atoms with van der Waals surface area (Å²) in [6, 6.07) is 5.24. The Morgan fingerprint density at radius 1 is 1.39 bits per heavy atom. The van der Waals surface area contributed by atoms with Crippen LogP contribution in [0.5, 0.6) is 0 Å². The van der Waals surface area contributed by atoms with Crippen molar-refractivity contribution in [3.05, 3.63) is 28.6 Å². The van der Waals surface area contributed by atoms with E-state index in [0.29, 0.717) is 28.4 Å². The third-order valence-electron chi connectivity index (χ3n) is 4.59. The molecular weight excluding hydrogens is 312 g/mol. The lowest BCUT2D eigenvalue weighted by atomic mass is 9.83. The van der Waals surface area contributed by atoms with E-state index in [9.17, 15) is 9.90 Å². The van der Waals surface area contributed by atoms with Crippen molar-refractivity contribution in [3.8, 4) is 0 Å². The summed E-state index contributed by atoms with van der Waals surface area (Å²) >= 11 is 4.94. The Labute approximate surface area is 140 Å². The van der Waals surface area contributed by atoms with Gasteiger partial charge in [0.2, 0.25) is 0 Å². The van der Waals surface area contributed by atoms with Gasteiger partial charge in [-0.25, -0.2) is 0 Å². The van der Waals surface area contributed by atoms with Crippen LogP contribution in [-0.4, -0.2) is 28.6 Å². The van der Waals surface area contributed by atoms with Crippen molar-refractivity contribution in [2.24, 2.45) is 5.92 Å². The highest BCUT2D eigenvalue weighted by Gasteiger charge is 2.22. The standard InChI is InChI=1S/C17H22N2O3S/c20-14-6-2-1-4-11(14)5-3-9-18-16(21)12-7-8-13-15(10-12)22-17(23)19-13/h7-8,10-11,14,20H,1-6,9H2,(H,18,21)(H,19,23)/t11-,14-/m1/s1. The van der Waals surface area contributed by atoms with E-state index >= 15 is 0 Å². The molecule has 5 nitrogen and oxygen atoms in total. The molecule has 0 aliphatic heterocycles. The van der Waals surface area contributed by atoms with E-state index < -0.39 is 0 Å². The number of fused-ring (bicyclic) bond motifs is 1. The number of hydrogen-bond acceptors (Lipinski definition) is 4. The van der Waals surface area contributed by atoms with Gasteiger partial charge in [0.15, 0.2) is 5.58 Å². The Balaban J connectivity index is 1.49. The van der Waals surface area contributed by atoms with Crippen molar-refractivity contribution in [1.82, 2.24) is 10.3 Å². The molecule has 124 valence electrons. The van der Waals surface area contributed by atoms with E-state index in [1.807, 2.05) is 0 Å². The second kappa shape index (κ2) is 7.27. The first-order chi connectivity index (χ1) is 11.1. The minimum absolute atomic E-state index is 0.113. The summed E-state index contributed by atoms with van der Waals surface area (Å²) in [7, 11) is 0. The molecule has 1 aliphatic carbocycles. The van der Waals surface area contributed by atoms with Gasteiger partial charge in [-0.05, 0) is 62.0 Å². The molecule has 1 amide bonds. The molecule has 1 aliphatic rings. The van der Waals surface area contributed by atoms with E-state index in [-0.39, 0.29) is 12.0 Å². The van der Waals surface area contributed by atoms with Crippen molar-refractivity contribution >= 4 is 29.2 Å². The molecule has 0 spiro atoms. The number of aromatic amines is 1. The fourth-order valence-corrected chi connectivity index (χ4v) is 3.48. The topological polar surface area (TPSA) is 78.3 Å². The molecule has 1 heterocycles. The molecule has 3 rings (SSSR count). The first-order valence-electron chi connectivity index (χ1n) is 8.22. The number of carbonyl (C=O) groups excluding carboxylic acids is 1. The van der Waals surface area contributed by atoms with E-state index in [2.05, 4.69) is 10.3 Å². The molecule has 1 fully saturated rings. The second-order valence-electron chi connectivity index (χ2n) is 6.24. The molecule has 2 aromatic rings. The van der Waals surface area contributed by atoms with Crippen LogP contribution in [0.3, 0.4) is 0 Å². The highest BCUT2D eigenvalue weighted by atomic mass is 32.1. The summed E-state index contributed by atoms with van der Waals surface area (Å²) in [5.74, 6) is 0.277. The summed E-state index contributed by atoms with van der Waals surface area (Å²) < 4.78 is 5.33. The van der Waals surface area contributed by atoms with Crippen LogP contribution >= 0.6 is 12.2 Å². The largest absolute Gasteiger partial charge is 0.429 e. The highest BCUT2D eigenvalue weighted by molar-refractivity contribution is 7.71. The number of aromatic nitrogens is 1. The Kier molecular flexibility index (Phi) is 5.13. The number of nitrogens with one attached hydrogen (secondary N) is 2. The zero-order chi connectivity index (χ0) is 16.2. The van der Waals surface area contributed by atoms with Crippen molar-refractivity contribution in [1.29, 1.82) is 0 Å². The van der Waals surface area contributed by atoms with Crippen LogP contribution < -0.4 is 5.32 Å². The van der Waals surface area contributed by atoms with Crippen molar-refractivity contribution in [2.45, 2.75) is 44.6 Å². The molecule has 3 N–H and O–H groups in total. The normalized spacial score (nSPS) is 21.4. The Bertz CT molecular complexity index is 737. The zero-order valence-electron chi connectivity index (χ0n) is 13.0.